The van der Waals surface area contributed by atoms with Gasteiger partial charge < -0.3 is 21.7 Å². The van der Waals surface area contributed by atoms with Gasteiger partial charge in [0.05, 0.1) is 16.9 Å². The minimum Gasteiger partial charge on any atom is -0.506 e. The van der Waals surface area contributed by atoms with Crippen molar-refractivity contribution in [2.24, 2.45) is 0 Å². The van der Waals surface area contributed by atoms with E-state index in [1.165, 1.54) is 0 Å². The third-order valence-electron chi connectivity index (χ3n) is 5.08. The van der Waals surface area contributed by atoms with Gasteiger partial charge in [-0.3, -0.25) is 0 Å². The lowest BCUT2D eigenvalue weighted by atomic mass is 9.85. The number of phenolic OH excluding ortho intramolecular Hbond substituents is 2. The van der Waals surface area contributed by atoms with E-state index in [1.54, 1.807) is 18.2 Å². The van der Waals surface area contributed by atoms with Gasteiger partial charge in [-0.1, -0.05) is 66.6 Å². The van der Waals surface area contributed by atoms with E-state index in [2.05, 4.69) is 5.92 Å². The standard InChI is InChI=1S/C26H20N2O2/c1-2-18-25(20(14-23(28)26(18)30)17-11-7-4-8-12-17)21-15-24(29)22(27)13-19(21)16-9-5-3-6-10-16/h1,3-15,29-30H,27-28H2. The van der Waals surface area contributed by atoms with Gasteiger partial charge in [-0.2, -0.15) is 0 Å². The summed E-state index contributed by atoms with van der Waals surface area (Å²) in [7, 11) is 0. The Morgan fingerprint density at radius 3 is 1.77 bits per heavy atom. The first-order valence-corrected chi connectivity index (χ1v) is 9.37. The highest BCUT2D eigenvalue weighted by Gasteiger charge is 2.22. The first-order valence-electron chi connectivity index (χ1n) is 9.37. The zero-order valence-electron chi connectivity index (χ0n) is 16.1. The lowest BCUT2D eigenvalue weighted by Crippen LogP contribution is -1.98. The quantitative estimate of drug-likeness (QED) is 0.218. The summed E-state index contributed by atoms with van der Waals surface area (Å²) in [4.78, 5) is 0. The number of hydrogen-bond acceptors (Lipinski definition) is 4. The van der Waals surface area contributed by atoms with E-state index in [4.69, 9.17) is 17.9 Å². The molecule has 4 aromatic rings. The summed E-state index contributed by atoms with van der Waals surface area (Å²) >= 11 is 0. The molecule has 0 radical (unpaired) electrons. The number of phenols is 2. The molecule has 0 aliphatic carbocycles. The first kappa shape index (κ1) is 19.0. The van der Waals surface area contributed by atoms with Crippen LogP contribution < -0.4 is 11.5 Å². The first-order chi connectivity index (χ1) is 14.5. The molecule has 0 fully saturated rings. The van der Waals surface area contributed by atoms with Gasteiger partial charge in [0.2, 0.25) is 0 Å². The van der Waals surface area contributed by atoms with E-state index in [1.807, 2.05) is 60.7 Å². The summed E-state index contributed by atoms with van der Waals surface area (Å²) in [5, 5.41) is 21.1. The van der Waals surface area contributed by atoms with Crippen molar-refractivity contribution in [2.75, 3.05) is 11.5 Å². The van der Waals surface area contributed by atoms with Gasteiger partial charge in [0, 0.05) is 5.56 Å². The number of nitrogens with two attached hydrogens (primary N) is 2. The molecule has 0 saturated heterocycles. The van der Waals surface area contributed by atoms with Crippen molar-refractivity contribution in [3.8, 4) is 57.2 Å². The normalized spacial score (nSPS) is 10.5. The highest BCUT2D eigenvalue weighted by Crippen LogP contribution is 2.47. The van der Waals surface area contributed by atoms with Crippen LogP contribution >= 0.6 is 0 Å². The molecule has 0 saturated carbocycles. The smallest absolute Gasteiger partial charge is 0.154 e. The van der Waals surface area contributed by atoms with Gasteiger partial charge in [-0.25, -0.2) is 0 Å². The summed E-state index contributed by atoms with van der Waals surface area (Å²) in [6, 6.07) is 24.3. The Kier molecular flexibility index (Phi) is 4.79. The predicted octanol–water partition coefficient (Wildman–Crippen LogP) is 5.24. The molecule has 0 unspecified atom stereocenters. The average molecular weight is 392 g/mol. The van der Waals surface area contributed by atoms with Gasteiger partial charge in [0.25, 0.3) is 0 Å². The molecule has 0 heterocycles. The molecule has 146 valence electrons. The molecular weight excluding hydrogens is 372 g/mol. The van der Waals surface area contributed by atoms with Crippen LogP contribution in [0.2, 0.25) is 0 Å². The maximum atomic E-state index is 10.6. The van der Waals surface area contributed by atoms with E-state index in [0.717, 1.165) is 22.3 Å². The molecule has 4 rings (SSSR count). The predicted molar refractivity (Wildman–Crippen MR) is 123 cm³/mol. The fourth-order valence-electron chi connectivity index (χ4n) is 3.63. The van der Waals surface area contributed by atoms with Gasteiger partial charge >= 0.3 is 0 Å². The summed E-state index contributed by atoms with van der Waals surface area (Å²) < 4.78 is 0. The number of aromatic hydroxyl groups is 2. The maximum absolute atomic E-state index is 10.6. The molecule has 0 amide bonds. The van der Waals surface area contributed by atoms with Crippen molar-refractivity contribution in [1.29, 1.82) is 0 Å². The van der Waals surface area contributed by atoms with Crippen LogP contribution in [0.15, 0.2) is 78.9 Å². The Balaban J connectivity index is 2.15. The summed E-state index contributed by atoms with van der Waals surface area (Å²) in [6.45, 7) is 0. The molecule has 0 spiro atoms. The van der Waals surface area contributed by atoms with Crippen molar-refractivity contribution in [3.63, 3.8) is 0 Å². The molecule has 0 aromatic heterocycles. The summed E-state index contributed by atoms with van der Waals surface area (Å²) in [5.74, 6) is 2.35. The number of rotatable bonds is 3. The molecule has 0 aliphatic rings. The molecule has 4 nitrogen and oxygen atoms in total. The van der Waals surface area contributed by atoms with Crippen LogP contribution in [0.3, 0.4) is 0 Å². The molecule has 0 atom stereocenters. The Hall–Kier alpha value is -4.36. The molecule has 30 heavy (non-hydrogen) atoms. The van der Waals surface area contributed by atoms with E-state index >= 15 is 0 Å². The molecule has 4 aromatic carbocycles. The van der Waals surface area contributed by atoms with Crippen LogP contribution in [0.25, 0.3) is 33.4 Å². The average Bonchev–Trinajstić information content (AvgIpc) is 2.78. The zero-order chi connectivity index (χ0) is 21.3. The van der Waals surface area contributed by atoms with Gasteiger partial charge in [0.15, 0.2) is 5.75 Å². The lowest BCUT2D eigenvalue weighted by Gasteiger charge is -2.20. The minimum atomic E-state index is -0.164. The molecule has 4 heteroatoms. The molecule has 0 bridgehead atoms. The van der Waals surface area contributed by atoms with Crippen molar-refractivity contribution in [2.45, 2.75) is 0 Å². The van der Waals surface area contributed by atoms with Crippen LogP contribution in [-0.4, -0.2) is 10.2 Å². The van der Waals surface area contributed by atoms with Gasteiger partial charge in [0.1, 0.15) is 5.75 Å². The lowest BCUT2D eigenvalue weighted by molar-refractivity contribution is 0.476. The van der Waals surface area contributed by atoms with Crippen molar-refractivity contribution in [1.82, 2.24) is 0 Å². The van der Waals surface area contributed by atoms with Crippen molar-refractivity contribution in [3.05, 3.63) is 84.4 Å². The van der Waals surface area contributed by atoms with Crippen molar-refractivity contribution < 1.29 is 10.2 Å². The Labute approximate surface area is 175 Å². The van der Waals surface area contributed by atoms with E-state index < -0.39 is 0 Å². The topological polar surface area (TPSA) is 92.5 Å². The second-order valence-corrected chi connectivity index (χ2v) is 6.94. The van der Waals surface area contributed by atoms with E-state index in [-0.39, 0.29) is 28.4 Å². The fourth-order valence-corrected chi connectivity index (χ4v) is 3.63. The number of benzene rings is 4. The Bertz CT molecular complexity index is 1270. The highest BCUT2D eigenvalue weighted by molar-refractivity contribution is 5.99. The molecule has 0 aliphatic heterocycles. The minimum absolute atomic E-state index is 0.0667. The molecular formula is C26H20N2O2. The Morgan fingerprint density at radius 2 is 1.20 bits per heavy atom. The van der Waals surface area contributed by atoms with Crippen LogP contribution in [0.1, 0.15) is 5.56 Å². The SMILES string of the molecule is C#Cc1c(O)c(N)cc(-c2ccccc2)c1-c1cc(O)c(N)cc1-c1ccccc1. The Morgan fingerprint density at radius 1 is 0.667 bits per heavy atom. The largest absolute Gasteiger partial charge is 0.506 e. The fraction of sp³-hybridized carbons (Fsp3) is 0. The van der Waals surface area contributed by atoms with Crippen LogP contribution in [0, 0.1) is 12.3 Å². The maximum Gasteiger partial charge on any atom is 0.154 e. The monoisotopic (exact) mass is 392 g/mol. The second-order valence-electron chi connectivity index (χ2n) is 6.94. The van der Waals surface area contributed by atoms with E-state index in [9.17, 15) is 10.2 Å². The summed E-state index contributed by atoms with van der Waals surface area (Å²) in [6.07, 6.45) is 5.81. The highest BCUT2D eigenvalue weighted by atomic mass is 16.3. The number of nitrogen functional groups attached to an aromatic ring is 2. The number of terminal acetylenes is 1. The molecule has 6 N–H and O–H groups in total. The van der Waals surface area contributed by atoms with Gasteiger partial charge in [-0.15, -0.1) is 6.42 Å². The summed E-state index contributed by atoms with van der Waals surface area (Å²) in [5.41, 5.74) is 17.3. The third-order valence-corrected chi connectivity index (χ3v) is 5.08. The van der Waals surface area contributed by atoms with Crippen molar-refractivity contribution >= 4 is 11.4 Å². The second kappa shape index (κ2) is 7.57. The number of anilines is 2. The third kappa shape index (κ3) is 3.19. The number of hydrogen-bond donors (Lipinski definition) is 4. The van der Waals surface area contributed by atoms with Crippen LogP contribution in [0.4, 0.5) is 11.4 Å². The van der Waals surface area contributed by atoms with Crippen LogP contribution in [0.5, 0.6) is 11.5 Å². The van der Waals surface area contributed by atoms with Crippen LogP contribution in [-0.2, 0) is 0 Å². The van der Waals surface area contributed by atoms with E-state index in [0.29, 0.717) is 11.1 Å². The zero-order valence-corrected chi connectivity index (χ0v) is 16.1. The van der Waals surface area contributed by atoms with Gasteiger partial charge in [-0.05, 0) is 46.0 Å².